The Kier molecular flexibility index (Phi) is 3.24. The van der Waals surface area contributed by atoms with Gasteiger partial charge >= 0.3 is 0 Å². The highest BCUT2D eigenvalue weighted by atomic mass is 32.1. The predicted molar refractivity (Wildman–Crippen MR) is 91.2 cm³/mol. The molecule has 0 saturated carbocycles. The van der Waals surface area contributed by atoms with E-state index in [0.29, 0.717) is 0 Å². The van der Waals surface area contributed by atoms with Crippen molar-refractivity contribution in [3.05, 3.63) is 65.2 Å². The molecule has 4 heteroatoms. The van der Waals surface area contributed by atoms with E-state index in [4.69, 9.17) is 0 Å². The third kappa shape index (κ3) is 2.31. The van der Waals surface area contributed by atoms with Crippen LogP contribution < -0.4 is 4.90 Å². The van der Waals surface area contributed by atoms with Gasteiger partial charge in [-0.05, 0) is 36.3 Å². The van der Waals surface area contributed by atoms with Crippen LogP contribution in [0.25, 0.3) is 16.3 Å². The Morgan fingerprint density at radius 1 is 1.14 bits per heavy atom. The molecule has 0 radical (unpaired) electrons. The average molecular weight is 306 g/mol. The molecule has 1 aromatic heterocycles. The van der Waals surface area contributed by atoms with E-state index < -0.39 is 0 Å². The Balaban J connectivity index is 1.57. The molecular formula is C18H14N2OS. The molecule has 0 saturated heterocycles. The molecule has 3 nitrogen and oxygen atoms in total. The van der Waals surface area contributed by atoms with Crippen LogP contribution in [0.3, 0.4) is 0 Å². The third-order valence-corrected chi connectivity index (χ3v) is 4.83. The molecule has 22 heavy (non-hydrogen) atoms. The molecule has 2 heterocycles. The topological polar surface area (TPSA) is 33.2 Å². The summed E-state index contributed by atoms with van der Waals surface area (Å²) >= 11 is 1.60. The number of benzene rings is 2. The summed E-state index contributed by atoms with van der Waals surface area (Å²) in [5, 5.41) is 0.863. The maximum absolute atomic E-state index is 12.4. The van der Waals surface area contributed by atoms with Crippen molar-refractivity contribution in [2.24, 2.45) is 0 Å². The van der Waals surface area contributed by atoms with E-state index in [2.05, 4.69) is 11.1 Å². The van der Waals surface area contributed by atoms with Gasteiger partial charge in [0, 0.05) is 18.3 Å². The van der Waals surface area contributed by atoms with Gasteiger partial charge in [0.15, 0.2) is 0 Å². The zero-order chi connectivity index (χ0) is 14.9. The molecule has 0 spiro atoms. The predicted octanol–water partition coefficient (Wildman–Crippen LogP) is 3.90. The van der Waals surface area contributed by atoms with Crippen LogP contribution in [0.2, 0.25) is 0 Å². The zero-order valence-corrected chi connectivity index (χ0v) is 12.7. The first-order chi connectivity index (χ1) is 10.8. The quantitative estimate of drug-likeness (QED) is 0.673. The van der Waals surface area contributed by atoms with Gasteiger partial charge in [-0.3, -0.25) is 4.79 Å². The van der Waals surface area contributed by atoms with Crippen LogP contribution in [-0.2, 0) is 11.2 Å². The summed E-state index contributed by atoms with van der Waals surface area (Å²) in [7, 11) is 0. The summed E-state index contributed by atoms with van der Waals surface area (Å²) < 4.78 is 1.14. The Labute approximate surface area is 132 Å². The second-order valence-corrected chi connectivity index (χ2v) is 6.28. The van der Waals surface area contributed by atoms with Crippen molar-refractivity contribution in [2.75, 3.05) is 11.4 Å². The van der Waals surface area contributed by atoms with Crippen LogP contribution in [-0.4, -0.2) is 17.4 Å². The van der Waals surface area contributed by atoms with E-state index in [1.165, 1.54) is 5.56 Å². The lowest BCUT2D eigenvalue weighted by Crippen LogP contribution is -2.26. The Morgan fingerprint density at radius 2 is 1.95 bits per heavy atom. The number of aromatic nitrogens is 1. The highest BCUT2D eigenvalue weighted by Crippen LogP contribution is 2.28. The lowest BCUT2D eigenvalue weighted by Gasteiger charge is -2.14. The Hall–Kier alpha value is -2.46. The lowest BCUT2D eigenvalue weighted by molar-refractivity contribution is -0.114. The minimum absolute atomic E-state index is 0.0178. The smallest absolute Gasteiger partial charge is 0.251 e. The largest absolute Gasteiger partial charge is 0.308 e. The van der Waals surface area contributed by atoms with Crippen LogP contribution in [0.15, 0.2) is 54.6 Å². The van der Waals surface area contributed by atoms with Crippen LogP contribution in [0, 0.1) is 0 Å². The first-order valence-corrected chi connectivity index (χ1v) is 8.06. The fraction of sp³-hybridized carbons (Fsp3) is 0.111. The fourth-order valence-electron chi connectivity index (χ4n) is 2.76. The van der Waals surface area contributed by atoms with Crippen molar-refractivity contribution in [1.29, 1.82) is 0 Å². The number of carbonyl (C=O) groups excluding carboxylic acids is 1. The molecule has 0 aliphatic carbocycles. The van der Waals surface area contributed by atoms with E-state index in [-0.39, 0.29) is 5.91 Å². The van der Waals surface area contributed by atoms with Crippen molar-refractivity contribution in [3.8, 4) is 0 Å². The van der Waals surface area contributed by atoms with Gasteiger partial charge < -0.3 is 4.90 Å². The number of rotatable bonds is 2. The number of amides is 1. The second-order valence-electron chi connectivity index (χ2n) is 5.22. The van der Waals surface area contributed by atoms with Gasteiger partial charge in [-0.25, -0.2) is 4.98 Å². The number of carbonyl (C=O) groups is 1. The third-order valence-electron chi connectivity index (χ3n) is 3.83. The number of fused-ring (bicyclic) bond motifs is 2. The van der Waals surface area contributed by atoms with Crippen molar-refractivity contribution >= 4 is 39.2 Å². The Bertz CT molecular complexity index is 848. The summed E-state index contributed by atoms with van der Waals surface area (Å²) in [6.45, 7) is 0.752. The summed E-state index contributed by atoms with van der Waals surface area (Å²) in [6, 6.07) is 16.1. The first kappa shape index (κ1) is 13.2. The molecule has 1 aliphatic heterocycles. The molecule has 0 unspecified atom stereocenters. The second kappa shape index (κ2) is 5.39. The van der Waals surface area contributed by atoms with E-state index in [0.717, 1.165) is 33.9 Å². The van der Waals surface area contributed by atoms with E-state index in [9.17, 15) is 4.79 Å². The van der Waals surface area contributed by atoms with Gasteiger partial charge in [0.1, 0.15) is 5.01 Å². The molecule has 0 atom stereocenters. The van der Waals surface area contributed by atoms with Crippen LogP contribution >= 0.6 is 11.3 Å². The van der Waals surface area contributed by atoms with Crippen molar-refractivity contribution in [3.63, 3.8) is 0 Å². The van der Waals surface area contributed by atoms with E-state index in [1.54, 1.807) is 17.4 Å². The number of hydrogen-bond donors (Lipinski definition) is 0. The van der Waals surface area contributed by atoms with Crippen molar-refractivity contribution < 1.29 is 4.79 Å². The van der Waals surface area contributed by atoms with E-state index >= 15 is 0 Å². The molecule has 3 aromatic rings. The minimum Gasteiger partial charge on any atom is -0.308 e. The molecule has 0 N–H and O–H groups in total. The number of nitrogens with zero attached hydrogens (tertiary/aromatic N) is 2. The molecule has 1 amide bonds. The van der Waals surface area contributed by atoms with Gasteiger partial charge in [0.25, 0.3) is 5.91 Å². The molecular weight excluding hydrogens is 292 g/mol. The highest BCUT2D eigenvalue weighted by Gasteiger charge is 2.22. The summed E-state index contributed by atoms with van der Waals surface area (Å²) in [5.41, 5.74) is 3.25. The molecule has 0 bridgehead atoms. The van der Waals surface area contributed by atoms with Gasteiger partial charge in [-0.2, -0.15) is 0 Å². The van der Waals surface area contributed by atoms with Gasteiger partial charge in [0.2, 0.25) is 0 Å². The zero-order valence-electron chi connectivity index (χ0n) is 11.9. The van der Waals surface area contributed by atoms with Gasteiger partial charge in [-0.1, -0.05) is 30.3 Å². The van der Waals surface area contributed by atoms with Crippen molar-refractivity contribution in [2.45, 2.75) is 6.42 Å². The summed E-state index contributed by atoms with van der Waals surface area (Å²) in [4.78, 5) is 18.8. The number of para-hydroxylation sites is 2. The maximum atomic E-state index is 12.4. The van der Waals surface area contributed by atoms with Gasteiger partial charge in [-0.15, -0.1) is 11.3 Å². The van der Waals surface area contributed by atoms with Gasteiger partial charge in [0.05, 0.1) is 10.2 Å². The fourth-order valence-corrected chi connectivity index (χ4v) is 3.63. The standard InChI is InChI=1S/C18H14N2OS/c21-18(20-12-11-13-5-1-3-7-15(13)20)10-9-17-19-14-6-2-4-8-16(14)22-17/h1-10H,11-12H2. The molecule has 0 fully saturated rings. The van der Waals surface area contributed by atoms with E-state index in [1.807, 2.05) is 53.4 Å². The molecule has 2 aromatic carbocycles. The summed E-state index contributed by atoms with van der Waals surface area (Å²) in [6.07, 6.45) is 4.37. The molecule has 108 valence electrons. The molecule has 4 rings (SSSR count). The SMILES string of the molecule is O=C(C=Cc1nc2ccccc2s1)N1CCc2ccccc21. The highest BCUT2D eigenvalue weighted by molar-refractivity contribution is 7.19. The van der Waals surface area contributed by atoms with Crippen molar-refractivity contribution in [1.82, 2.24) is 4.98 Å². The lowest BCUT2D eigenvalue weighted by atomic mass is 10.2. The number of thiazole rings is 1. The number of anilines is 1. The first-order valence-electron chi connectivity index (χ1n) is 7.24. The Morgan fingerprint density at radius 3 is 2.86 bits per heavy atom. The monoisotopic (exact) mass is 306 g/mol. The van der Waals surface area contributed by atoms with Crippen LogP contribution in [0.1, 0.15) is 10.6 Å². The minimum atomic E-state index is 0.0178. The van der Waals surface area contributed by atoms with Crippen LogP contribution in [0.4, 0.5) is 5.69 Å². The summed E-state index contributed by atoms with van der Waals surface area (Å²) in [5.74, 6) is 0.0178. The number of hydrogen-bond acceptors (Lipinski definition) is 3. The average Bonchev–Trinajstić information content (AvgIpc) is 3.16. The normalized spacial score (nSPS) is 13.9. The maximum Gasteiger partial charge on any atom is 0.251 e. The van der Waals surface area contributed by atoms with Crippen LogP contribution in [0.5, 0.6) is 0 Å². The molecule has 1 aliphatic rings.